The number of hydroxylamine groups is 1. The highest BCUT2D eigenvalue weighted by molar-refractivity contribution is 6.24. The second-order valence-corrected chi connectivity index (χ2v) is 7.87. The number of carbonyl (C=O) groups is 2. The smallest absolute Gasteiger partial charge is 0.266 e. The van der Waals surface area contributed by atoms with Gasteiger partial charge in [-0.3, -0.25) is 14.4 Å². The van der Waals surface area contributed by atoms with Gasteiger partial charge in [0.25, 0.3) is 5.91 Å². The molecule has 2 saturated heterocycles. The zero-order chi connectivity index (χ0) is 20.8. The number of carbonyl (C=O) groups excluding carboxylic acids is 2. The lowest BCUT2D eigenvalue weighted by Gasteiger charge is -2.29. The molecule has 0 spiro atoms. The van der Waals surface area contributed by atoms with E-state index in [2.05, 4.69) is 0 Å². The summed E-state index contributed by atoms with van der Waals surface area (Å²) in [6.45, 7) is 3.91. The van der Waals surface area contributed by atoms with Crippen LogP contribution >= 0.6 is 0 Å². The summed E-state index contributed by atoms with van der Waals surface area (Å²) in [5.74, 6) is -1.14. The van der Waals surface area contributed by atoms with Crippen LogP contribution < -0.4 is 9.96 Å². The lowest BCUT2D eigenvalue weighted by Crippen LogP contribution is -2.37. The zero-order valence-electron chi connectivity index (χ0n) is 16.9. The molecule has 3 aromatic carbocycles. The molecule has 0 aromatic heterocycles. The normalized spacial score (nSPS) is 23.2. The molecule has 2 heterocycles. The van der Waals surface area contributed by atoms with Crippen molar-refractivity contribution in [1.82, 2.24) is 0 Å². The predicted octanol–water partition coefficient (Wildman–Crippen LogP) is 4.35. The Morgan fingerprint density at radius 3 is 2.13 bits per heavy atom. The number of rotatable bonds is 3. The fourth-order valence-electron chi connectivity index (χ4n) is 4.50. The van der Waals surface area contributed by atoms with Crippen molar-refractivity contribution in [3.63, 3.8) is 0 Å². The number of nitrogens with zero attached hydrogens (tertiary/aromatic N) is 2. The van der Waals surface area contributed by atoms with Crippen molar-refractivity contribution in [3.05, 3.63) is 95.6 Å². The van der Waals surface area contributed by atoms with Gasteiger partial charge in [0, 0.05) is 0 Å². The van der Waals surface area contributed by atoms with Crippen LogP contribution in [0.4, 0.5) is 11.4 Å². The topological polar surface area (TPSA) is 49.9 Å². The Labute approximate surface area is 175 Å². The minimum absolute atomic E-state index is 0.218. The maximum absolute atomic E-state index is 13.6. The number of anilines is 2. The van der Waals surface area contributed by atoms with Crippen LogP contribution in [0.5, 0.6) is 0 Å². The number of benzene rings is 3. The average Bonchev–Trinajstić information content (AvgIpc) is 3.26. The van der Waals surface area contributed by atoms with Crippen LogP contribution in [-0.2, 0) is 14.4 Å². The summed E-state index contributed by atoms with van der Waals surface area (Å²) in [7, 11) is 0. The summed E-state index contributed by atoms with van der Waals surface area (Å²) in [5.41, 5.74) is 4.38. The van der Waals surface area contributed by atoms with Crippen molar-refractivity contribution in [3.8, 4) is 0 Å². The minimum Gasteiger partial charge on any atom is -0.273 e. The van der Waals surface area contributed by atoms with Crippen LogP contribution in [0.3, 0.4) is 0 Å². The predicted molar refractivity (Wildman–Crippen MR) is 115 cm³/mol. The van der Waals surface area contributed by atoms with Crippen LogP contribution in [0.25, 0.3) is 0 Å². The van der Waals surface area contributed by atoms with E-state index in [1.807, 2.05) is 92.7 Å². The molecule has 2 amide bonds. The molecule has 0 radical (unpaired) electrons. The first-order valence-corrected chi connectivity index (χ1v) is 10.1. The van der Waals surface area contributed by atoms with Crippen molar-refractivity contribution >= 4 is 23.2 Å². The Kier molecular flexibility index (Phi) is 4.40. The van der Waals surface area contributed by atoms with E-state index in [1.54, 1.807) is 5.06 Å². The summed E-state index contributed by atoms with van der Waals surface area (Å²) >= 11 is 0. The van der Waals surface area contributed by atoms with E-state index in [1.165, 1.54) is 4.90 Å². The number of amides is 2. The van der Waals surface area contributed by atoms with Crippen LogP contribution in [0.1, 0.15) is 22.7 Å². The molecule has 0 unspecified atom stereocenters. The standard InChI is InChI=1S/C25H22N2O3/c1-16-13-14-20(17(2)15-16)26-24(28)21-22(18-9-5-3-6-10-18)27(30-23(21)25(26)29)19-11-7-4-8-12-19/h3-15,21-23H,1-2H3/t21-,22+,23-/m1/s1. The molecule has 5 nitrogen and oxygen atoms in total. The first-order chi connectivity index (χ1) is 14.6. The van der Waals surface area contributed by atoms with Gasteiger partial charge in [-0.25, -0.2) is 9.96 Å². The van der Waals surface area contributed by atoms with Gasteiger partial charge in [-0.15, -0.1) is 0 Å². The third-order valence-electron chi connectivity index (χ3n) is 5.86. The average molecular weight is 398 g/mol. The summed E-state index contributed by atoms with van der Waals surface area (Å²) < 4.78 is 0. The molecule has 0 aliphatic carbocycles. The quantitative estimate of drug-likeness (QED) is 0.616. The van der Waals surface area contributed by atoms with Crippen molar-refractivity contribution in [2.75, 3.05) is 9.96 Å². The van der Waals surface area contributed by atoms with Gasteiger partial charge >= 0.3 is 0 Å². The number of aryl methyl sites for hydroxylation is 2. The van der Waals surface area contributed by atoms with E-state index in [9.17, 15) is 9.59 Å². The summed E-state index contributed by atoms with van der Waals surface area (Å²) in [6, 6.07) is 24.7. The van der Waals surface area contributed by atoms with Gasteiger partial charge in [0.05, 0.1) is 17.4 Å². The highest BCUT2D eigenvalue weighted by Gasteiger charge is 2.60. The van der Waals surface area contributed by atoms with Gasteiger partial charge < -0.3 is 0 Å². The molecule has 2 fully saturated rings. The van der Waals surface area contributed by atoms with Gasteiger partial charge in [0.2, 0.25) is 5.91 Å². The van der Waals surface area contributed by atoms with Gasteiger partial charge in [-0.1, -0.05) is 66.2 Å². The Morgan fingerprint density at radius 2 is 1.47 bits per heavy atom. The van der Waals surface area contributed by atoms with Crippen molar-refractivity contribution in [1.29, 1.82) is 0 Å². The van der Waals surface area contributed by atoms with Gasteiger partial charge in [-0.2, -0.15) is 0 Å². The molecule has 0 bridgehead atoms. The molecule has 3 aromatic rings. The first-order valence-electron chi connectivity index (χ1n) is 10.1. The maximum Gasteiger partial charge on any atom is 0.266 e. The van der Waals surface area contributed by atoms with Crippen LogP contribution in [-0.4, -0.2) is 17.9 Å². The second-order valence-electron chi connectivity index (χ2n) is 7.87. The number of para-hydroxylation sites is 1. The van der Waals surface area contributed by atoms with Crippen LogP contribution in [0.15, 0.2) is 78.9 Å². The lowest BCUT2D eigenvalue weighted by molar-refractivity contribution is -0.126. The molecule has 150 valence electrons. The fraction of sp³-hybridized carbons (Fsp3) is 0.200. The van der Waals surface area contributed by atoms with Crippen molar-refractivity contribution in [2.45, 2.75) is 26.0 Å². The van der Waals surface area contributed by atoms with E-state index in [-0.39, 0.29) is 17.9 Å². The minimum atomic E-state index is -0.844. The second kappa shape index (κ2) is 7.11. The first kappa shape index (κ1) is 18.6. The van der Waals surface area contributed by atoms with E-state index in [0.29, 0.717) is 5.69 Å². The molecule has 3 atom stereocenters. The molecule has 0 N–H and O–H groups in total. The monoisotopic (exact) mass is 398 g/mol. The SMILES string of the molecule is Cc1ccc(N2C(=O)[C@H]3[C@@H](ON(c4ccccc4)[C@H]3c3ccccc3)C2=O)c(C)c1. The van der Waals surface area contributed by atoms with E-state index in [0.717, 1.165) is 22.4 Å². The van der Waals surface area contributed by atoms with Crippen LogP contribution in [0.2, 0.25) is 0 Å². The molecular formula is C25H22N2O3. The van der Waals surface area contributed by atoms with Gasteiger partial charge in [0.15, 0.2) is 6.10 Å². The van der Waals surface area contributed by atoms with Gasteiger partial charge in [-0.05, 0) is 43.2 Å². The summed E-state index contributed by atoms with van der Waals surface area (Å²) in [4.78, 5) is 34.4. The Balaban J connectivity index is 1.59. The molecule has 5 rings (SSSR count). The Hall–Kier alpha value is -3.44. The number of imide groups is 1. The highest BCUT2D eigenvalue weighted by atomic mass is 16.7. The van der Waals surface area contributed by atoms with Crippen molar-refractivity contribution < 1.29 is 14.4 Å². The lowest BCUT2D eigenvalue weighted by atomic mass is 9.90. The fourth-order valence-corrected chi connectivity index (χ4v) is 4.50. The number of fused-ring (bicyclic) bond motifs is 1. The number of hydrogen-bond acceptors (Lipinski definition) is 4. The molecular weight excluding hydrogens is 376 g/mol. The van der Waals surface area contributed by atoms with Crippen molar-refractivity contribution in [2.24, 2.45) is 5.92 Å². The maximum atomic E-state index is 13.6. The van der Waals surface area contributed by atoms with E-state index >= 15 is 0 Å². The number of hydrogen-bond donors (Lipinski definition) is 0. The molecule has 30 heavy (non-hydrogen) atoms. The summed E-state index contributed by atoms with van der Waals surface area (Å²) in [6.07, 6.45) is -0.844. The highest BCUT2D eigenvalue weighted by Crippen LogP contribution is 2.47. The summed E-state index contributed by atoms with van der Waals surface area (Å²) in [5, 5.41) is 1.72. The van der Waals surface area contributed by atoms with E-state index < -0.39 is 12.0 Å². The Bertz CT molecular complexity index is 1110. The molecule has 2 aliphatic heterocycles. The van der Waals surface area contributed by atoms with E-state index in [4.69, 9.17) is 4.84 Å². The largest absolute Gasteiger partial charge is 0.273 e. The molecule has 5 heteroatoms. The van der Waals surface area contributed by atoms with Gasteiger partial charge in [0.1, 0.15) is 5.92 Å². The Morgan fingerprint density at radius 1 is 0.800 bits per heavy atom. The zero-order valence-corrected chi connectivity index (χ0v) is 16.9. The third-order valence-corrected chi connectivity index (χ3v) is 5.86. The molecule has 2 aliphatic rings. The third kappa shape index (κ3) is 2.82. The van der Waals surface area contributed by atoms with Crippen LogP contribution in [0, 0.1) is 19.8 Å². The molecule has 0 saturated carbocycles.